The molecule has 1 aliphatic rings. The highest BCUT2D eigenvalue weighted by molar-refractivity contribution is 6.04. The van der Waals surface area contributed by atoms with Gasteiger partial charge in [0.15, 0.2) is 12.3 Å². The summed E-state index contributed by atoms with van der Waals surface area (Å²) in [5.74, 6) is 0.780. The van der Waals surface area contributed by atoms with Crippen molar-refractivity contribution in [2.75, 3.05) is 31.6 Å². The molecule has 0 bridgehead atoms. The number of aromatic amines is 1. The fourth-order valence-corrected chi connectivity index (χ4v) is 3.79. The van der Waals surface area contributed by atoms with E-state index in [1.165, 1.54) is 0 Å². The predicted octanol–water partition coefficient (Wildman–Crippen LogP) is 3.47. The van der Waals surface area contributed by atoms with Crippen LogP contribution in [0.5, 0.6) is 5.75 Å². The number of hydrogen-bond acceptors (Lipinski definition) is 4. The number of H-pyrrole nitrogens is 1. The summed E-state index contributed by atoms with van der Waals surface area (Å²) in [6.07, 6.45) is 1.64. The van der Waals surface area contributed by atoms with Crippen LogP contribution in [0.2, 0.25) is 0 Å². The van der Waals surface area contributed by atoms with Crippen molar-refractivity contribution >= 4 is 17.5 Å². The Morgan fingerprint density at radius 1 is 1.06 bits per heavy atom. The molecular weight excluding hydrogens is 392 g/mol. The third-order valence-electron chi connectivity index (χ3n) is 5.66. The van der Waals surface area contributed by atoms with E-state index in [9.17, 15) is 9.59 Å². The van der Waals surface area contributed by atoms with Crippen LogP contribution in [0, 0.1) is 0 Å². The van der Waals surface area contributed by atoms with Gasteiger partial charge >= 0.3 is 0 Å². The number of carbonyl (C=O) groups excluding carboxylic acids is 2. The second-order valence-electron chi connectivity index (χ2n) is 7.67. The first kappa shape index (κ1) is 20.7. The van der Waals surface area contributed by atoms with Gasteiger partial charge in [-0.05, 0) is 43.2 Å². The van der Waals surface area contributed by atoms with Crippen molar-refractivity contribution in [1.82, 2.24) is 15.1 Å². The van der Waals surface area contributed by atoms with Crippen LogP contribution in [0.1, 0.15) is 34.9 Å². The number of ether oxygens (including phenoxy) is 1. The van der Waals surface area contributed by atoms with Crippen LogP contribution >= 0.6 is 0 Å². The van der Waals surface area contributed by atoms with Crippen LogP contribution in [0.25, 0.3) is 0 Å². The van der Waals surface area contributed by atoms with E-state index in [4.69, 9.17) is 4.74 Å². The second-order valence-corrected chi connectivity index (χ2v) is 7.67. The molecule has 0 spiro atoms. The van der Waals surface area contributed by atoms with Gasteiger partial charge in [-0.25, -0.2) is 0 Å². The van der Waals surface area contributed by atoms with Gasteiger partial charge in [-0.2, -0.15) is 5.10 Å². The van der Waals surface area contributed by atoms with Crippen LogP contribution in [-0.4, -0.2) is 53.7 Å². The lowest BCUT2D eigenvalue weighted by atomic mass is 9.93. The molecule has 0 saturated carbocycles. The maximum atomic E-state index is 12.7. The molecule has 0 atom stereocenters. The van der Waals surface area contributed by atoms with E-state index in [-0.39, 0.29) is 24.3 Å². The fraction of sp³-hybridized carbons (Fsp3) is 0.292. The SMILES string of the molecule is CN(C(=O)c1cc(C2CCN(C(=O)COc3ccccc3)CC2)[nH]n1)c1ccccc1. The molecule has 1 fully saturated rings. The maximum Gasteiger partial charge on any atom is 0.278 e. The molecule has 1 saturated heterocycles. The Morgan fingerprint density at radius 2 is 1.71 bits per heavy atom. The summed E-state index contributed by atoms with van der Waals surface area (Å²) in [6.45, 7) is 1.37. The van der Waals surface area contributed by atoms with Gasteiger partial charge in [-0.3, -0.25) is 14.7 Å². The fourth-order valence-electron chi connectivity index (χ4n) is 3.79. The van der Waals surface area contributed by atoms with Crippen molar-refractivity contribution in [1.29, 1.82) is 0 Å². The van der Waals surface area contributed by atoms with Crippen molar-refractivity contribution in [3.8, 4) is 5.75 Å². The summed E-state index contributed by atoms with van der Waals surface area (Å²) >= 11 is 0. The zero-order valence-corrected chi connectivity index (χ0v) is 17.5. The van der Waals surface area contributed by atoms with Gasteiger partial charge in [0.25, 0.3) is 11.8 Å². The monoisotopic (exact) mass is 418 g/mol. The minimum atomic E-state index is -0.153. The van der Waals surface area contributed by atoms with E-state index in [2.05, 4.69) is 10.2 Å². The van der Waals surface area contributed by atoms with Crippen molar-refractivity contribution in [3.63, 3.8) is 0 Å². The summed E-state index contributed by atoms with van der Waals surface area (Å²) in [5, 5.41) is 7.27. The minimum absolute atomic E-state index is 0.00716. The third-order valence-corrected chi connectivity index (χ3v) is 5.66. The number of amides is 2. The van der Waals surface area contributed by atoms with E-state index in [0.717, 1.165) is 24.2 Å². The molecule has 2 aromatic carbocycles. The minimum Gasteiger partial charge on any atom is -0.484 e. The highest BCUT2D eigenvalue weighted by atomic mass is 16.5. The first-order valence-electron chi connectivity index (χ1n) is 10.5. The highest BCUT2D eigenvalue weighted by Gasteiger charge is 2.26. The molecule has 0 unspecified atom stereocenters. The maximum absolute atomic E-state index is 12.7. The molecule has 7 nitrogen and oxygen atoms in total. The summed E-state index contributed by atoms with van der Waals surface area (Å²) in [5.41, 5.74) is 2.16. The number of anilines is 1. The molecule has 160 valence electrons. The summed E-state index contributed by atoms with van der Waals surface area (Å²) in [6, 6.07) is 20.7. The summed E-state index contributed by atoms with van der Waals surface area (Å²) in [4.78, 5) is 28.6. The number of piperidine rings is 1. The first-order chi connectivity index (χ1) is 15.1. The Labute approximate surface area is 181 Å². The predicted molar refractivity (Wildman–Crippen MR) is 118 cm³/mol. The number of rotatable bonds is 6. The van der Waals surface area contributed by atoms with Gasteiger partial charge in [0, 0.05) is 37.4 Å². The molecule has 7 heteroatoms. The molecular formula is C24H26N4O3. The average Bonchev–Trinajstić information content (AvgIpc) is 3.33. The number of carbonyl (C=O) groups is 2. The summed E-state index contributed by atoms with van der Waals surface area (Å²) in [7, 11) is 1.74. The van der Waals surface area contributed by atoms with Gasteiger partial charge in [-0.1, -0.05) is 36.4 Å². The largest absolute Gasteiger partial charge is 0.484 e. The van der Waals surface area contributed by atoms with Gasteiger partial charge in [0.2, 0.25) is 0 Å². The normalized spacial score (nSPS) is 14.3. The van der Waals surface area contributed by atoms with Crippen LogP contribution < -0.4 is 9.64 Å². The van der Waals surface area contributed by atoms with Crippen molar-refractivity contribution in [2.45, 2.75) is 18.8 Å². The smallest absolute Gasteiger partial charge is 0.278 e. The lowest BCUT2D eigenvalue weighted by molar-refractivity contribution is -0.134. The van der Waals surface area contributed by atoms with E-state index >= 15 is 0 Å². The number of para-hydroxylation sites is 2. The number of nitrogens with one attached hydrogen (secondary N) is 1. The molecule has 0 aliphatic carbocycles. The Hall–Kier alpha value is -3.61. The number of aromatic nitrogens is 2. The molecule has 2 amide bonds. The first-order valence-corrected chi connectivity index (χ1v) is 10.5. The van der Waals surface area contributed by atoms with Gasteiger partial charge in [0.1, 0.15) is 5.75 Å². The Balaban J connectivity index is 1.30. The Kier molecular flexibility index (Phi) is 6.31. The van der Waals surface area contributed by atoms with Crippen LogP contribution in [0.4, 0.5) is 5.69 Å². The van der Waals surface area contributed by atoms with E-state index in [1.54, 1.807) is 11.9 Å². The van der Waals surface area contributed by atoms with E-state index < -0.39 is 0 Å². The van der Waals surface area contributed by atoms with Crippen molar-refractivity contribution in [3.05, 3.63) is 78.1 Å². The third kappa shape index (κ3) is 4.94. The number of hydrogen-bond donors (Lipinski definition) is 1. The molecule has 0 radical (unpaired) electrons. The van der Waals surface area contributed by atoms with Gasteiger partial charge in [0.05, 0.1) is 0 Å². The quantitative estimate of drug-likeness (QED) is 0.665. The average molecular weight is 418 g/mol. The zero-order valence-electron chi connectivity index (χ0n) is 17.5. The Bertz CT molecular complexity index is 1010. The van der Waals surface area contributed by atoms with Gasteiger partial charge < -0.3 is 14.5 Å². The van der Waals surface area contributed by atoms with Crippen molar-refractivity contribution < 1.29 is 14.3 Å². The molecule has 4 rings (SSSR count). The second kappa shape index (κ2) is 9.47. The topological polar surface area (TPSA) is 78.5 Å². The number of nitrogens with zero attached hydrogens (tertiary/aromatic N) is 3. The molecule has 2 heterocycles. The lowest BCUT2D eigenvalue weighted by Gasteiger charge is -2.31. The van der Waals surface area contributed by atoms with Crippen LogP contribution in [-0.2, 0) is 4.79 Å². The van der Waals surface area contributed by atoms with Crippen LogP contribution in [0.15, 0.2) is 66.7 Å². The molecule has 1 aromatic heterocycles. The molecule has 31 heavy (non-hydrogen) atoms. The standard InChI is InChI=1S/C24H26N4O3/c1-27(19-8-4-2-5-9-19)24(30)22-16-21(25-26-22)18-12-14-28(15-13-18)23(29)17-31-20-10-6-3-7-11-20/h2-11,16,18H,12-15,17H2,1H3,(H,25,26). The van der Waals surface area contributed by atoms with E-state index in [1.807, 2.05) is 71.6 Å². The number of likely N-dealkylation sites (tertiary alicyclic amines) is 1. The van der Waals surface area contributed by atoms with Crippen LogP contribution in [0.3, 0.4) is 0 Å². The molecule has 1 aliphatic heterocycles. The lowest BCUT2D eigenvalue weighted by Crippen LogP contribution is -2.40. The van der Waals surface area contributed by atoms with Crippen molar-refractivity contribution in [2.24, 2.45) is 0 Å². The summed E-state index contributed by atoms with van der Waals surface area (Å²) < 4.78 is 5.57. The Morgan fingerprint density at radius 3 is 2.39 bits per heavy atom. The van der Waals surface area contributed by atoms with E-state index in [0.29, 0.717) is 24.5 Å². The highest BCUT2D eigenvalue weighted by Crippen LogP contribution is 2.27. The molecule has 1 N–H and O–H groups in total. The molecule has 3 aromatic rings. The van der Waals surface area contributed by atoms with Gasteiger partial charge in [-0.15, -0.1) is 0 Å². The zero-order chi connectivity index (χ0) is 21.6. The number of benzene rings is 2.